The fourth-order valence-corrected chi connectivity index (χ4v) is 13.3. The maximum Gasteiger partial charge on any atom is 0.179 e. The first kappa shape index (κ1) is 29.5. The molecule has 0 saturated heterocycles. The van der Waals surface area contributed by atoms with Crippen LogP contribution >= 0.6 is 0 Å². The van der Waals surface area contributed by atoms with Gasteiger partial charge in [0.25, 0.3) is 0 Å². The number of fused-ring (bicyclic) bond motifs is 6. The zero-order valence-corrected chi connectivity index (χ0v) is 29.0. The molecule has 0 radical (unpaired) electrons. The van der Waals surface area contributed by atoms with E-state index in [9.17, 15) is 0 Å². The standard InChI is InChI=1S/C48H34N2Si/c1-5-17-35(18-6-1)49-45-27-15-13-25-41(45)43-31-29-36(33-47(43)49)50-46-28-16-14-26-42(46)44-32-30-40(34-48(44)50)51(37-19-7-2-8-20-37,38-21-9-3-10-22-38)39-23-11-4-12-24-39/h1-34H. The highest BCUT2D eigenvalue weighted by molar-refractivity contribution is 7.20. The molecule has 0 aliphatic rings. The Morgan fingerprint density at radius 2 is 0.647 bits per heavy atom. The number of hydrogen-bond donors (Lipinski definition) is 0. The van der Waals surface area contributed by atoms with Gasteiger partial charge in [-0.15, -0.1) is 0 Å². The topological polar surface area (TPSA) is 9.86 Å². The molecule has 10 aromatic rings. The van der Waals surface area contributed by atoms with Crippen molar-refractivity contribution in [3.63, 3.8) is 0 Å². The van der Waals surface area contributed by atoms with Crippen LogP contribution in [-0.2, 0) is 0 Å². The van der Waals surface area contributed by atoms with E-state index in [1.54, 1.807) is 0 Å². The molecule has 0 amide bonds. The van der Waals surface area contributed by atoms with Crippen molar-refractivity contribution >= 4 is 72.4 Å². The summed E-state index contributed by atoms with van der Waals surface area (Å²) in [5, 5.41) is 10.5. The van der Waals surface area contributed by atoms with Gasteiger partial charge in [0, 0.05) is 32.9 Å². The highest BCUT2D eigenvalue weighted by atomic mass is 28.3. The zero-order valence-electron chi connectivity index (χ0n) is 28.0. The molecular weight excluding hydrogens is 633 g/mol. The van der Waals surface area contributed by atoms with Crippen molar-refractivity contribution < 1.29 is 0 Å². The fourth-order valence-electron chi connectivity index (χ4n) is 8.50. The first-order chi connectivity index (χ1) is 25.3. The minimum atomic E-state index is -2.73. The monoisotopic (exact) mass is 666 g/mol. The van der Waals surface area contributed by atoms with E-state index in [0.29, 0.717) is 0 Å². The van der Waals surface area contributed by atoms with Crippen LogP contribution in [0.2, 0.25) is 0 Å². The lowest BCUT2D eigenvalue weighted by Crippen LogP contribution is -2.74. The van der Waals surface area contributed by atoms with Gasteiger partial charge < -0.3 is 9.13 Å². The van der Waals surface area contributed by atoms with Crippen molar-refractivity contribution in [2.24, 2.45) is 0 Å². The Hall–Kier alpha value is -6.42. The van der Waals surface area contributed by atoms with Crippen molar-refractivity contribution in [1.82, 2.24) is 9.13 Å². The van der Waals surface area contributed by atoms with Crippen LogP contribution in [0.15, 0.2) is 206 Å². The van der Waals surface area contributed by atoms with Crippen molar-refractivity contribution in [3.8, 4) is 11.4 Å². The first-order valence-electron chi connectivity index (χ1n) is 17.6. The second kappa shape index (κ2) is 11.9. The molecule has 8 aromatic carbocycles. The predicted molar refractivity (Wildman–Crippen MR) is 219 cm³/mol. The molecule has 0 unspecified atom stereocenters. The fraction of sp³-hybridized carbons (Fsp3) is 0. The van der Waals surface area contributed by atoms with Gasteiger partial charge in [-0.05, 0) is 63.2 Å². The highest BCUT2D eigenvalue weighted by Crippen LogP contribution is 2.36. The average molecular weight is 667 g/mol. The molecule has 0 atom stereocenters. The van der Waals surface area contributed by atoms with E-state index in [0.717, 1.165) is 11.4 Å². The van der Waals surface area contributed by atoms with Crippen LogP contribution in [0.4, 0.5) is 0 Å². The van der Waals surface area contributed by atoms with E-state index in [-0.39, 0.29) is 0 Å². The smallest absolute Gasteiger partial charge is 0.179 e. The summed E-state index contributed by atoms with van der Waals surface area (Å²) in [6.07, 6.45) is 0. The largest absolute Gasteiger partial charge is 0.309 e. The molecular formula is C48H34N2Si. The maximum atomic E-state index is 2.51. The lowest BCUT2D eigenvalue weighted by Gasteiger charge is -2.34. The molecule has 0 fully saturated rings. The molecule has 0 aliphatic carbocycles. The Kier molecular flexibility index (Phi) is 6.86. The molecule has 0 spiro atoms. The Morgan fingerprint density at radius 3 is 1.18 bits per heavy atom. The predicted octanol–water partition coefficient (Wildman–Crippen LogP) is 9.26. The summed E-state index contributed by atoms with van der Waals surface area (Å²) in [4.78, 5) is 0. The summed E-state index contributed by atoms with van der Waals surface area (Å²) in [5.74, 6) is 0. The molecule has 2 heterocycles. The molecule has 2 aromatic heterocycles. The number of rotatable bonds is 6. The summed E-state index contributed by atoms with van der Waals surface area (Å²) in [5.41, 5.74) is 7.15. The van der Waals surface area contributed by atoms with E-state index in [4.69, 9.17) is 0 Å². The van der Waals surface area contributed by atoms with E-state index < -0.39 is 8.07 Å². The molecule has 51 heavy (non-hydrogen) atoms. The van der Waals surface area contributed by atoms with Crippen molar-refractivity contribution in [2.75, 3.05) is 0 Å². The van der Waals surface area contributed by atoms with Gasteiger partial charge in [0.1, 0.15) is 0 Å². The normalized spacial score (nSPS) is 11.9. The van der Waals surface area contributed by atoms with Crippen LogP contribution in [-0.4, -0.2) is 17.2 Å². The summed E-state index contributed by atoms with van der Waals surface area (Å²) in [6.45, 7) is 0. The number of hydrogen-bond acceptors (Lipinski definition) is 0. The summed E-state index contributed by atoms with van der Waals surface area (Å²) in [6, 6.07) is 76.2. The van der Waals surface area contributed by atoms with Gasteiger partial charge in [-0.3, -0.25) is 0 Å². The lowest BCUT2D eigenvalue weighted by molar-refractivity contribution is 1.15. The highest BCUT2D eigenvalue weighted by Gasteiger charge is 2.41. The van der Waals surface area contributed by atoms with Gasteiger partial charge in [0.15, 0.2) is 8.07 Å². The summed E-state index contributed by atoms with van der Waals surface area (Å²) < 4.78 is 4.90. The van der Waals surface area contributed by atoms with E-state index in [1.165, 1.54) is 64.4 Å². The van der Waals surface area contributed by atoms with E-state index >= 15 is 0 Å². The third-order valence-corrected chi connectivity index (χ3v) is 15.4. The quantitative estimate of drug-likeness (QED) is 0.124. The van der Waals surface area contributed by atoms with Crippen LogP contribution in [0.5, 0.6) is 0 Å². The van der Waals surface area contributed by atoms with Gasteiger partial charge in [0.2, 0.25) is 0 Å². The molecule has 0 N–H and O–H groups in total. The molecule has 2 nitrogen and oxygen atoms in total. The van der Waals surface area contributed by atoms with Gasteiger partial charge in [0.05, 0.1) is 22.1 Å². The van der Waals surface area contributed by atoms with E-state index in [1.807, 2.05) is 0 Å². The number of benzene rings is 8. The number of nitrogens with zero attached hydrogens (tertiary/aromatic N) is 2. The van der Waals surface area contributed by atoms with Gasteiger partial charge in [-0.2, -0.15) is 0 Å². The number of aromatic nitrogens is 2. The van der Waals surface area contributed by atoms with E-state index in [2.05, 4.69) is 215 Å². The Labute approximate surface area is 298 Å². The van der Waals surface area contributed by atoms with Crippen LogP contribution in [0, 0.1) is 0 Å². The second-order valence-corrected chi connectivity index (χ2v) is 17.1. The molecule has 3 heteroatoms. The summed E-state index contributed by atoms with van der Waals surface area (Å²) >= 11 is 0. The maximum absolute atomic E-state index is 2.73. The Bertz CT molecular complexity index is 2740. The van der Waals surface area contributed by atoms with Gasteiger partial charge >= 0.3 is 0 Å². The Balaban J connectivity index is 1.30. The molecule has 0 aliphatic heterocycles. The Morgan fingerprint density at radius 1 is 0.255 bits per heavy atom. The first-order valence-corrected chi connectivity index (χ1v) is 19.6. The van der Waals surface area contributed by atoms with Gasteiger partial charge in [-0.1, -0.05) is 164 Å². The second-order valence-electron chi connectivity index (χ2n) is 13.3. The SMILES string of the molecule is c1ccc(-n2c3ccccc3c3ccc(-n4c5ccccc5c5ccc([Si](c6ccccc6)(c6ccccc6)c6ccccc6)cc54)cc32)cc1. The van der Waals surface area contributed by atoms with Gasteiger partial charge in [-0.25, -0.2) is 0 Å². The van der Waals surface area contributed by atoms with Crippen LogP contribution in [0.25, 0.3) is 55.0 Å². The van der Waals surface area contributed by atoms with Crippen molar-refractivity contribution in [1.29, 1.82) is 0 Å². The molecule has 240 valence electrons. The lowest BCUT2D eigenvalue weighted by atomic mass is 10.1. The molecule has 0 saturated carbocycles. The minimum Gasteiger partial charge on any atom is -0.309 e. The third-order valence-electron chi connectivity index (χ3n) is 10.7. The van der Waals surface area contributed by atoms with Crippen molar-refractivity contribution in [3.05, 3.63) is 206 Å². The van der Waals surface area contributed by atoms with Crippen LogP contribution < -0.4 is 20.7 Å². The molecule has 0 bridgehead atoms. The zero-order chi connectivity index (χ0) is 33.8. The average Bonchev–Trinajstić information content (AvgIpc) is 3.72. The summed E-state index contributed by atoms with van der Waals surface area (Å²) in [7, 11) is -2.73. The third kappa shape index (κ3) is 4.49. The van der Waals surface area contributed by atoms with Crippen molar-refractivity contribution in [2.45, 2.75) is 0 Å². The van der Waals surface area contributed by atoms with Crippen LogP contribution in [0.1, 0.15) is 0 Å². The van der Waals surface area contributed by atoms with Crippen LogP contribution in [0.3, 0.4) is 0 Å². The minimum absolute atomic E-state index is 1.15. The molecule has 10 rings (SSSR count). The number of para-hydroxylation sites is 3.